The summed E-state index contributed by atoms with van der Waals surface area (Å²) < 4.78 is 1.92. The van der Waals surface area contributed by atoms with Crippen molar-refractivity contribution >= 4 is 29.9 Å². The molecule has 2 aliphatic rings. The van der Waals surface area contributed by atoms with Crippen molar-refractivity contribution in [3.63, 3.8) is 0 Å². The molecule has 0 spiro atoms. The Balaban J connectivity index is 0.00000225. The van der Waals surface area contributed by atoms with Crippen LogP contribution in [0.5, 0.6) is 0 Å². The molecule has 1 aliphatic heterocycles. The molecule has 2 aromatic rings. The number of carbonyl (C=O) groups excluding carboxylic acids is 1. The van der Waals surface area contributed by atoms with Crippen LogP contribution in [0.15, 0.2) is 24.3 Å². The van der Waals surface area contributed by atoms with Gasteiger partial charge in [0.2, 0.25) is 0 Å². The lowest BCUT2D eigenvalue weighted by molar-refractivity contribution is 0.0922. The Labute approximate surface area is 176 Å². The summed E-state index contributed by atoms with van der Waals surface area (Å²) in [7, 11) is 0. The lowest BCUT2D eigenvalue weighted by Gasteiger charge is -2.42. The first-order chi connectivity index (χ1) is 13.1. The van der Waals surface area contributed by atoms with E-state index in [9.17, 15) is 4.79 Å². The van der Waals surface area contributed by atoms with Crippen LogP contribution in [-0.4, -0.2) is 40.5 Å². The number of benzene rings is 1. The second-order valence-corrected chi connectivity index (χ2v) is 8.21. The standard InChI is InChI=1S/C20H26ClN5O.ClH/c1-14-18(24-25-26(14)17-7-11-22-12-8-17)19(27)23-13-20(9-2-10-20)15-3-5-16(21)6-4-15;/h3-6,17,22H,2,7-13H2,1H3,(H,23,27);1H. The van der Waals surface area contributed by atoms with E-state index in [0.717, 1.165) is 49.5 Å². The average molecular weight is 424 g/mol. The van der Waals surface area contributed by atoms with Gasteiger partial charge in [0.1, 0.15) is 0 Å². The smallest absolute Gasteiger partial charge is 0.273 e. The van der Waals surface area contributed by atoms with Crippen LogP contribution in [0.25, 0.3) is 0 Å². The van der Waals surface area contributed by atoms with Gasteiger partial charge in [-0.1, -0.05) is 35.4 Å². The molecule has 152 valence electrons. The quantitative estimate of drug-likeness (QED) is 0.772. The summed E-state index contributed by atoms with van der Waals surface area (Å²) in [6.07, 6.45) is 5.38. The maximum Gasteiger partial charge on any atom is 0.273 e. The molecule has 28 heavy (non-hydrogen) atoms. The van der Waals surface area contributed by atoms with E-state index in [1.807, 2.05) is 23.7 Å². The molecule has 2 fully saturated rings. The van der Waals surface area contributed by atoms with Crippen molar-refractivity contribution in [2.24, 2.45) is 0 Å². The van der Waals surface area contributed by atoms with Crippen LogP contribution in [-0.2, 0) is 5.41 Å². The largest absolute Gasteiger partial charge is 0.350 e. The van der Waals surface area contributed by atoms with Gasteiger partial charge in [0.05, 0.1) is 11.7 Å². The molecule has 0 atom stereocenters. The highest BCUT2D eigenvalue weighted by molar-refractivity contribution is 6.30. The van der Waals surface area contributed by atoms with Crippen molar-refractivity contribution in [1.82, 2.24) is 25.6 Å². The van der Waals surface area contributed by atoms with Crippen LogP contribution < -0.4 is 10.6 Å². The fourth-order valence-corrected chi connectivity index (χ4v) is 4.38. The van der Waals surface area contributed by atoms with Gasteiger partial charge in [0.15, 0.2) is 5.69 Å². The third-order valence-corrected chi connectivity index (χ3v) is 6.40. The number of carbonyl (C=O) groups is 1. The van der Waals surface area contributed by atoms with Crippen molar-refractivity contribution in [3.05, 3.63) is 46.2 Å². The number of hydrogen-bond donors (Lipinski definition) is 2. The fourth-order valence-electron chi connectivity index (χ4n) is 4.26. The van der Waals surface area contributed by atoms with Gasteiger partial charge in [-0.15, -0.1) is 17.5 Å². The second kappa shape index (κ2) is 8.80. The molecule has 1 amide bonds. The van der Waals surface area contributed by atoms with Crippen LogP contribution in [0.1, 0.15) is 59.9 Å². The van der Waals surface area contributed by atoms with Crippen molar-refractivity contribution < 1.29 is 4.79 Å². The van der Waals surface area contributed by atoms with E-state index in [0.29, 0.717) is 18.3 Å². The molecule has 1 saturated carbocycles. The van der Waals surface area contributed by atoms with Crippen molar-refractivity contribution in [1.29, 1.82) is 0 Å². The van der Waals surface area contributed by atoms with Crippen molar-refractivity contribution in [3.8, 4) is 0 Å². The Morgan fingerprint density at radius 3 is 2.57 bits per heavy atom. The maximum atomic E-state index is 12.8. The van der Waals surface area contributed by atoms with Crippen LogP contribution in [0.2, 0.25) is 5.02 Å². The molecule has 4 rings (SSSR count). The van der Waals surface area contributed by atoms with Crippen molar-refractivity contribution in [2.75, 3.05) is 19.6 Å². The molecule has 1 saturated heterocycles. The number of rotatable bonds is 5. The third kappa shape index (κ3) is 4.04. The Hall–Kier alpha value is -1.63. The maximum absolute atomic E-state index is 12.8. The molecular weight excluding hydrogens is 397 g/mol. The molecule has 1 aromatic carbocycles. The fraction of sp³-hybridized carbons (Fsp3) is 0.550. The highest BCUT2D eigenvalue weighted by Crippen LogP contribution is 2.43. The molecule has 6 nitrogen and oxygen atoms in total. The molecule has 0 radical (unpaired) electrons. The molecule has 1 aliphatic carbocycles. The van der Waals surface area contributed by atoms with Crippen LogP contribution >= 0.6 is 24.0 Å². The molecule has 2 N–H and O–H groups in total. The number of nitrogens with one attached hydrogen (secondary N) is 2. The van der Waals surface area contributed by atoms with Gasteiger partial charge in [0.25, 0.3) is 5.91 Å². The van der Waals surface area contributed by atoms with E-state index >= 15 is 0 Å². The van der Waals surface area contributed by atoms with Crippen LogP contribution in [0, 0.1) is 6.92 Å². The van der Waals surface area contributed by atoms with Gasteiger partial charge in [-0.05, 0) is 63.4 Å². The van der Waals surface area contributed by atoms with Gasteiger partial charge in [-0.3, -0.25) is 4.79 Å². The minimum Gasteiger partial charge on any atom is -0.350 e. The van der Waals surface area contributed by atoms with E-state index < -0.39 is 0 Å². The van der Waals surface area contributed by atoms with E-state index in [2.05, 4.69) is 33.1 Å². The number of hydrogen-bond acceptors (Lipinski definition) is 4. The Kier molecular flexibility index (Phi) is 6.63. The van der Waals surface area contributed by atoms with Crippen LogP contribution in [0.4, 0.5) is 0 Å². The van der Waals surface area contributed by atoms with E-state index in [1.54, 1.807) is 0 Å². The summed E-state index contributed by atoms with van der Waals surface area (Å²) >= 11 is 6.02. The third-order valence-electron chi connectivity index (χ3n) is 6.15. The highest BCUT2D eigenvalue weighted by Gasteiger charge is 2.39. The summed E-state index contributed by atoms with van der Waals surface area (Å²) in [6.45, 7) is 4.52. The highest BCUT2D eigenvalue weighted by atomic mass is 35.5. The zero-order valence-electron chi connectivity index (χ0n) is 16.1. The first-order valence-corrected chi connectivity index (χ1v) is 10.1. The molecular formula is C20H27Cl2N5O. The monoisotopic (exact) mass is 423 g/mol. The summed E-state index contributed by atoms with van der Waals surface area (Å²) in [5.74, 6) is -0.132. The summed E-state index contributed by atoms with van der Waals surface area (Å²) in [5.41, 5.74) is 2.56. The van der Waals surface area contributed by atoms with Gasteiger partial charge in [-0.25, -0.2) is 4.68 Å². The molecule has 0 unspecified atom stereocenters. The van der Waals surface area contributed by atoms with Crippen LogP contribution in [0.3, 0.4) is 0 Å². The second-order valence-electron chi connectivity index (χ2n) is 7.77. The first-order valence-electron chi connectivity index (χ1n) is 9.76. The molecule has 8 heteroatoms. The number of aromatic nitrogens is 3. The van der Waals surface area contributed by atoms with E-state index in [-0.39, 0.29) is 23.7 Å². The van der Waals surface area contributed by atoms with Gasteiger partial charge in [0, 0.05) is 17.0 Å². The zero-order valence-corrected chi connectivity index (χ0v) is 17.7. The summed E-state index contributed by atoms with van der Waals surface area (Å²) in [4.78, 5) is 12.8. The van der Waals surface area contributed by atoms with Crippen molar-refractivity contribution in [2.45, 2.75) is 50.5 Å². The van der Waals surface area contributed by atoms with E-state index in [1.165, 1.54) is 12.0 Å². The van der Waals surface area contributed by atoms with E-state index in [4.69, 9.17) is 11.6 Å². The minimum atomic E-state index is -0.132. The Morgan fingerprint density at radius 2 is 1.96 bits per heavy atom. The predicted octanol–water partition coefficient (Wildman–Crippen LogP) is 3.44. The Morgan fingerprint density at radius 1 is 1.29 bits per heavy atom. The number of halogens is 2. The minimum absolute atomic E-state index is 0. The SMILES string of the molecule is Cc1c(C(=O)NCC2(c3ccc(Cl)cc3)CCC2)nnn1C1CCNCC1.Cl. The number of nitrogens with zero attached hydrogens (tertiary/aromatic N) is 3. The molecule has 2 heterocycles. The predicted molar refractivity (Wildman–Crippen MR) is 112 cm³/mol. The van der Waals surface area contributed by atoms with Gasteiger partial charge >= 0.3 is 0 Å². The summed E-state index contributed by atoms with van der Waals surface area (Å²) in [6, 6.07) is 8.33. The molecule has 0 bridgehead atoms. The number of piperidine rings is 1. The normalized spacial score (nSPS) is 18.8. The first kappa shape index (κ1) is 21.1. The topological polar surface area (TPSA) is 71.8 Å². The number of amides is 1. The van der Waals surface area contributed by atoms with Gasteiger partial charge in [-0.2, -0.15) is 0 Å². The van der Waals surface area contributed by atoms with Gasteiger partial charge < -0.3 is 10.6 Å². The average Bonchev–Trinajstić information content (AvgIpc) is 3.04. The lowest BCUT2D eigenvalue weighted by Crippen LogP contribution is -2.45. The molecule has 1 aromatic heterocycles. The lowest BCUT2D eigenvalue weighted by atomic mass is 9.64. The summed E-state index contributed by atoms with van der Waals surface area (Å²) in [5, 5.41) is 15.7. The Bertz CT molecular complexity index is 811. The zero-order chi connectivity index (χ0) is 18.9.